The van der Waals surface area contributed by atoms with E-state index in [1.165, 1.54) is 11.3 Å². The van der Waals surface area contributed by atoms with E-state index in [4.69, 9.17) is 0 Å². The SMILES string of the molecule is O=C(c1cscn1)[C@@H]1CCCN1. The van der Waals surface area contributed by atoms with E-state index in [2.05, 4.69) is 10.3 Å². The summed E-state index contributed by atoms with van der Waals surface area (Å²) in [5.74, 6) is 0.147. The Morgan fingerprint density at radius 3 is 3.25 bits per heavy atom. The number of nitrogens with one attached hydrogen (secondary N) is 1. The normalized spacial score (nSPS) is 22.8. The fraction of sp³-hybridized carbons (Fsp3) is 0.500. The van der Waals surface area contributed by atoms with Gasteiger partial charge in [0.05, 0.1) is 11.6 Å². The van der Waals surface area contributed by atoms with Crippen molar-refractivity contribution in [1.82, 2.24) is 10.3 Å². The van der Waals surface area contributed by atoms with Crippen LogP contribution in [0.1, 0.15) is 23.3 Å². The molecule has 1 aromatic rings. The molecule has 1 aliphatic rings. The Bertz CT molecular complexity index is 265. The molecule has 12 heavy (non-hydrogen) atoms. The summed E-state index contributed by atoms with van der Waals surface area (Å²) in [5.41, 5.74) is 2.31. The lowest BCUT2D eigenvalue weighted by Crippen LogP contribution is -2.30. The fourth-order valence-corrected chi connectivity index (χ4v) is 1.96. The van der Waals surface area contributed by atoms with Gasteiger partial charge in [0, 0.05) is 5.38 Å². The molecule has 1 aliphatic heterocycles. The third kappa shape index (κ3) is 1.40. The predicted molar refractivity (Wildman–Crippen MR) is 47.5 cm³/mol. The number of carbonyl (C=O) groups excluding carboxylic acids is 1. The highest BCUT2D eigenvalue weighted by molar-refractivity contribution is 7.07. The van der Waals surface area contributed by atoms with Gasteiger partial charge in [-0.1, -0.05) is 0 Å². The summed E-state index contributed by atoms with van der Waals surface area (Å²) in [6, 6.07) is 0.0205. The maximum atomic E-state index is 11.6. The summed E-state index contributed by atoms with van der Waals surface area (Å²) in [4.78, 5) is 15.6. The lowest BCUT2D eigenvalue weighted by Gasteiger charge is -2.05. The number of Topliss-reactive ketones (excluding diaryl/α,β-unsaturated/α-hetero) is 1. The molecule has 0 aromatic carbocycles. The molecule has 0 saturated carbocycles. The van der Waals surface area contributed by atoms with Crippen LogP contribution >= 0.6 is 11.3 Å². The first-order chi connectivity index (χ1) is 5.88. The second-order valence-corrected chi connectivity index (χ2v) is 3.61. The van der Waals surface area contributed by atoms with Gasteiger partial charge in [0.2, 0.25) is 0 Å². The van der Waals surface area contributed by atoms with Crippen molar-refractivity contribution in [3.63, 3.8) is 0 Å². The number of nitrogens with zero attached hydrogens (tertiary/aromatic N) is 1. The molecule has 1 N–H and O–H groups in total. The monoisotopic (exact) mass is 182 g/mol. The largest absolute Gasteiger partial charge is 0.307 e. The van der Waals surface area contributed by atoms with Crippen LogP contribution in [0.2, 0.25) is 0 Å². The maximum Gasteiger partial charge on any atom is 0.198 e. The highest BCUT2D eigenvalue weighted by Gasteiger charge is 2.23. The van der Waals surface area contributed by atoms with Gasteiger partial charge in [-0.3, -0.25) is 4.79 Å². The number of hydrogen-bond acceptors (Lipinski definition) is 4. The average molecular weight is 182 g/mol. The quantitative estimate of drug-likeness (QED) is 0.696. The van der Waals surface area contributed by atoms with Crippen molar-refractivity contribution >= 4 is 17.1 Å². The number of rotatable bonds is 2. The molecule has 1 aromatic heterocycles. The molecule has 2 heterocycles. The number of carbonyl (C=O) groups is 1. The van der Waals surface area contributed by atoms with Crippen molar-refractivity contribution in [2.75, 3.05) is 6.54 Å². The average Bonchev–Trinajstić information content (AvgIpc) is 2.77. The van der Waals surface area contributed by atoms with Gasteiger partial charge in [-0.15, -0.1) is 11.3 Å². The van der Waals surface area contributed by atoms with Crippen LogP contribution in [0.15, 0.2) is 10.9 Å². The summed E-state index contributed by atoms with van der Waals surface area (Å²) in [5, 5.41) is 4.97. The van der Waals surface area contributed by atoms with Gasteiger partial charge in [0.25, 0.3) is 0 Å². The minimum Gasteiger partial charge on any atom is -0.307 e. The van der Waals surface area contributed by atoms with Crippen LogP contribution in [0.4, 0.5) is 0 Å². The molecule has 64 valence electrons. The van der Waals surface area contributed by atoms with E-state index in [0.29, 0.717) is 5.69 Å². The summed E-state index contributed by atoms with van der Waals surface area (Å²) >= 11 is 1.47. The van der Waals surface area contributed by atoms with Gasteiger partial charge in [-0.2, -0.15) is 0 Å². The first-order valence-electron chi connectivity index (χ1n) is 4.04. The van der Waals surface area contributed by atoms with Gasteiger partial charge in [0.1, 0.15) is 5.69 Å². The van der Waals surface area contributed by atoms with Crippen LogP contribution in [0, 0.1) is 0 Å². The first kappa shape index (κ1) is 7.89. The summed E-state index contributed by atoms with van der Waals surface area (Å²) in [7, 11) is 0. The van der Waals surface area contributed by atoms with E-state index in [1.807, 2.05) is 5.38 Å². The maximum absolute atomic E-state index is 11.6. The van der Waals surface area contributed by atoms with Crippen LogP contribution < -0.4 is 5.32 Å². The summed E-state index contributed by atoms with van der Waals surface area (Å²) < 4.78 is 0. The van der Waals surface area contributed by atoms with E-state index in [9.17, 15) is 4.79 Å². The van der Waals surface area contributed by atoms with Crippen molar-refractivity contribution in [3.8, 4) is 0 Å². The molecule has 0 amide bonds. The van der Waals surface area contributed by atoms with Gasteiger partial charge in [0.15, 0.2) is 5.78 Å². The molecule has 0 radical (unpaired) electrons. The van der Waals surface area contributed by atoms with E-state index in [1.54, 1.807) is 5.51 Å². The standard InChI is InChI=1S/C8H10N2OS/c11-8(6-2-1-3-9-6)7-4-12-5-10-7/h4-6,9H,1-3H2/t6-/m0/s1. The highest BCUT2D eigenvalue weighted by atomic mass is 32.1. The molecular formula is C8H10N2OS. The molecule has 1 atom stereocenters. The third-order valence-corrected chi connectivity index (χ3v) is 2.65. The molecule has 0 aliphatic carbocycles. The molecule has 1 saturated heterocycles. The topological polar surface area (TPSA) is 42.0 Å². The lowest BCUT2D eigenvalue weighted by atomic mass is 10.1. The zero-order valence-corrected chi connectivity index (χ0v) is 7.43. The number of hydrogen-bond donors (Lipinski definition) is 1. The van der Waals surface area contributed by atoms with Gasteiger partial charge in [-0.05, 0) is 19.4 Å². The van der Waals surface area contributed by atoms with E-state index < -0.39 is 0 Å². The smallest absolute Gasteiger partial charge is 0.198 e. The van der Waals surface area contributed by atoms with Gasteiger partial charge in [-0.25, -0.2) is 4.98 Å². The van der Waals surface area contributed by atoms with Crippen LogP contribution in [-0.2, 0) is 0 Å². The van der Waals surface area contributed by atoms with Crippen molar-refractivity contribution in [2.45, 2.75) is 18.9 Å². The molecule has 0 unspecified atom stereocenters. The number of thiazole rings is 1. The fourth-order valence-electron chi connectivity index (χ4n) is 1.42. The molecule has 3 nitrogen and oxygen atoms in total. The van der Waals surface area contributed by atoms with E-state index in [0.717, 1.165) is 19.4 Å². The zero-order valence-electron chi connectivity index (χ0n) is 6.62. The van der Waals surface area contributed by atoms with Crippen LogP contribution in [0.3, 0.4) is 0 Å². The molecule has 1 fully saturated rings. The summed E-state index contributed by atoms with van der Waals surface area (Å²) in [6.07, 6.45) is 2.05. The molecular weight excluding hydrogens is 172 g/mol. The predicted octanol–water partition coefficient (Wildman–Crippen LogP) is 1.08. The highest BCUT2D eigenvalue weighted by Crippen LogP contribution is 2.11. The van der Waals surface area contributed by atoms with Gasteiger partial charge < -0.3 is 5.32 Å². The molecule has 0 bridgehead atoms. The molecule has 2 rings (SSSR count). The van der Waals surface area contributed by atoms with Crippen molar-refractivity contribution in [3.05, 3.63) is 16.6 Å². The van der Waals surface area contributed by atoms with Crippen molar-refractivity contribution in [1.29, 1.82) is 0 Å². The number of ketones is 1. The second kappa shape index (κ2) is 3.33. The Kier molecular flexibility index (Phi) is 2.19. The Morgan fingerprint density at radius 2 is 2.67 bits per heavy atom. The van der Waals surface area contributed by atoms with Crippen molar-refractivity contribution in [2.24, 2.45) is 0 Å². The minimum atomic E-state index is 0.0205. The number of aromatic nitrogens is 1. The minimum absolute atomic E-state index is 0.0205. The van der Waals surface area contributed by atoms with Crippen molar-refractivity contribution < 1.29 is 4.79 Å². The third-order valence-electron chi connectivity index (χ3n) is 2.06. The van der Waals surface area contributed by atoms with E-state index in [-0.39, 0.29) is 11.8 Å². The second-order valence-electron chi connectivity index (χ2n) is 2.89. The Morgan fingerprint density at radius 1 is 1.75 bits per heavy atom. The molecule has 4 heteroatoms. The van der Waals surface area contributed by atoms with Crippen LogP contribution in [-0.4, -0.2) is 23.4 Å². The lowest BCUT2D eigenvalue weighted by molar-refractivity contribution is 0.0948. The van der Waals surface area contributed by atoms with Crippen LogP contribution in [0.5, 0.6) is 0 Å². The van der Waals surface area contributed by atoms with Gasteiger partial charge >= 0.3 is 0 Å². The first-order valence-corrected chi connectivity index (χ1v) is 4.98. The Hall–Kier alpha value is -0.740. The molecule has 0 spiro atoms. The zero-order chi connectivity index (χ0) is 8.39. The van der Waals surface area contributed by atoms with E-state index >= 15 is 0 Å². The van der Waals surface area contributed by atoms with Crippen LogP contribution in [0.25, 0.3) is 0 Å². The summed E-state index contributed by atoms with van der Waals surface area (Å²) in [6.45, 7) is 0.959. The Balaban J connectivity index is 2.09. The Labute approximate surface area is 74.8 Å².